The van der Waals surface area contributed by atoms with Gasteiger partial charge in [0, 0.05) is 24.0 Å². The molecule has 0 saturated heterocycles. The maximum absolute atomic E-state index is 12.4. The van der Waals surface area contributed by atoms with Crippen molar-refractivity contribution >= 4 is 16.8 Å². The minimum Gasteiger partial charge on any atom is -0.348 e. The Morgan fingerprint density at radius 2 is 1.90 bits per heavy atom. The maximum atomic E-state index is 12.4. The average Bonchev–Trinajstić information content (AvgIpc) is 2.74. The van der Waals surface area contributed by atoms with Crippen LogP contribution in [0.5, 0.6) is 0 Å². The van der Waals surface area contributed by atoms with Crippen molar-refractivity contribution in [3.8, 4) is 0 Å². The van der Waals surface area contributed by atoms with Crippen LogP contribution in [0.1, 0.15) is 44.1 Å². The minimum atomic E-state index is 0.0138. The van der Waals surface area contributed by atoms with Gasteiger partial charge in [0.1, 0.15) is 5.69 Å². The Labute approximate surface area is 121 Å². The number of hydrogen-bond acceptors (Lipinski definition) is 1. The van der Waals surface area contributed by atoms with Crippen LogP contribution in [0.25, 0.3) is 10.9 Å². The summed E-state index contributed by atoms with van der Waals surface area (Å²) in [5, 5.41) is 4.20. The van der Waals surface area contributed by atoms with Crippen molar-refractivity contribution in [1.29, 1.82) is 0 Å². The summed E-state index contributed by atoms with van der Waals surface area (Å²) in [4.78, 5) is 12.4. The first-order valence-corrected chi connectivity index (χ1v) is 7.34. The van der Waals surface area contributed by atoms with Gasteiger partial charge in [0.05, 0.1) is 0 Å². The summed E-state index contributed by atoms with van der Waals surface area (Å²) in [6.45, 7) is 6.49. The molecule has 1 atom stereocenters. The number of amides is 1. The Hall–Kier alpha value is -1.77. The van der Waals surface area contributed by atoms with Crippen molar-refractivity contribution in [2.24, 2.45) is 13.0 Å². The van der Waals surface area contributed by atoms with Crippen LogP contribution in [-0.4, -0.2) is 16.5 Å². The van der Waals surface area contributed by atoms with Gasteiger partial charge in [0.15, 0.2) is 0 Å². The van der Waals surface area contributed by atoms with Gasteiger partial charge in [-0.1, -0.05) is 32.0 Å². The van der Waals surface area contributed by atoms with Crippen LogP contribution in [0, 0.1) is 5.92 Å². The Balaban J connectivity index is 2.09. The normalized spacial score (nSPS) is 12.8. The fourth-order valence-corrected chi connectivity index (χ4v) is 2.46. The molecule has 1 N–H and O–H groups in total. The molecular weight excluding hydrogens is 248 g/mol. The molecule has 0 aliphatic carbocycles. The highest BCUT2D eigenvalue weighted by atomic mass is 16.2. The van der Waals surface area contributed by atoms with Crippen LogP contribution in [-0.2, 0) is 7.05 Å². The van der Waals surface area contributed by atoms with Gasteiger partial charge in [-0.2, -0.15) is 0 Å². The Kier molecular flexibility index (Phi) is 4.48. The number of aromatic nitrogens is 1. The third-order valence-electron chi connectivity index (χ3n) is 3.74. The fraction of sp³-hybridized carbons (Fsp3) is 0.471. The quantitative estimate of drug-likeness (QED) is 0.884. The number of fused-ring (bicyclic) bond motifs is 1. The molecule has 0 aliphatic rings. The lowest BCUT2D eigenvalue weighted by Crippen LogP contribution is -2.33. The van der Waals surface area contributed by atoms with Crippen molar-refractivity contribution in [2.45, 2.75) is 39.7 Å². The van der Waals surface area contributed by atoms with E-state index >= 15 is 0 Å². The number of nitrogens with one attached hydrogen (secondary N) is 1. The fourth-order valence-electron chi connectivity index (χ4n) is 2.46. The molecular formula is C17H24N2O. The van der Waals surface area contributed by atoms with E-state index in [1.54, 1.807) is 0 Å². The van der Waals surface area contributed by atoms with Crippen LogP contribution in [0.2, 0.25) is 0 Å². The Morgan fingerprint density at radius 1 is 1.20 bits per heavy atom. The monoisotopic (exact) mass is 272 g/mol. The number of benzene rings is 1. The predicted octanol–water partition coefficient (Wildman–Crippen LogP) is 3.73. The van der Waals surface area contributed by atoms with E-state index in [0.717, 1.165) is 29.4 Å². The van der Waals surface area contributed by atoms with Gasteiger partial charge < -0.3 is 9.88 Å². The number of rotatable bonds is 5. The molecule has 1 aromatic carbocycles. The third-order valence-corrected chi connectivity index (χ3v) is 3.74. The van der Waals surface area contributed by atoms with Gasteiger partial charge in [0.25, 0.3) is 5.91 Å². The zero-order chi connectivity index (χ0) is 14.7. The minimum absolute atomic E-state index is 0.0138. The summed E-state index contributed by atoms with van der Waals surface area (Å²) in [6.07, 6.45) is 2.16. The van der Waals surface area contributed by atoms with Crippen LogP contribution in [0.3, 0.4) is 0 Å². The molecule has 0 saturated carbocycles. The van der Waals surface area contributed by atoms with Crippen molar-refractivity contribution in [3.05, 3.63) is 36.0 Å². The van der Waals surface area contributed by atoms with Gasteiger partial charge in [-0.05, 0) is 37.8 Å². The topological polar surface area (TPSA) is 34.0 Å². The molecule has 0 fully saturated rings. The highest BCUT2D eigenvalue weighted by Crippen LogP contribution is 2.18. The van der Waals surface area contributed by atoms with Crippen molar-refractivity contribution in [2.75, 3.05) is 0 Å². The van der Waals surface area contributed by atoms with E-state index < -0.39 is 0 Å². The van der Waals surface area contributed by atoms with Crippen molar-refractivity contribution < 1.29 is 4.79 Å². The van der Waals surface area contributed by atoms with E-state index in [9.17, 15) is 4.79 Å². The van der Waals surface area contributed by atoms with E-state index in [0.29, 0.717) is 5.92 Å². The Morgan fingerprint density at radius 3 is 2.55 bits per heavy atom. The van der Waals surface area contributed by atoms with Gasteiger partial charge in [0.2, 0.25) is 0 Å². The molecule has 0 bridgehead atoms. The maximum Gasteiger partial charge on any atom is 0.268 e. The molecule has 1 amide bonds. The third kappa shape index (κ3) is 3.21. The number of para-hydroxylation sites is 1. The lowest BCUT2D eigenvalue weighted by Gasteiger charge is -2.15. The molecule has 1 aromatic heterocycles. The molecule has 2 rings (SSSR count). The molecule has 3 nitrogen and oxygen atoms in total. The van der Waals surface area contributed by atoms with Gasteiger partial charge in [-0.3, -0.25) is 4.79 Å². The van der Waals surface area contributed by atoms with E-state index in [-0.39, 0.29) is 11.9 Å². The standard InChI is InChI=1S/C17H24N2O/c1-12(2)9-10-13(3)18-17(20)16-11-14-7-5-6-8-15(14)19(16)4/h5-8,11-13H,9-10H2,1-4H3,(H,18,20). The number of hydrogen-bond donors (Lipinski definition) is 1. The second-order valence-corrected chi connectivity index (χ2v) is 5.99. The lowest BCUT2D eigenvalue weighted by molar-refractivity contribution is 0.0929. The summed E-state index contributed by atoms with van der Waals surface area (Å²) >= 11 is 0. The molecule has 2 aromatic rings. The van der Waals surface area contributed by atoms with Crippen molar-refractivity contribution in [1.82, 2.24) is 9.88 Å². The molecule has 0 aliphatic heterocycles. The predicted molar refractivity (Wildman–Crippen MR) is 83.9 cm³/mol. The first-order chi connectivity index (χ1) is 9.49. The summed E-state index contributed by atoms with van der Waals surface area (Å²) < 4.78 is 1.96. The highest BCUT2D eigenvalue weighted by molar-refractivity contribution is 5.98. The summed E-state index contributed by atoms with van der Waals surface area (Å²) in [5.74, 6) is 0.687. The van der Waals surface area contributed by atoms with Crippen molar-refractivity contribution in [3.63, 3.8) is 0 Å². The first kappa shape index (κ1) is 14.6. The van der Waals surface area contributed by atoms with Crippen LogP contribution in [0.15, 0.2) is 30.3 Å². The molecule has 20 heavy (non-hydrogen) atoms. The second kappa shape index (κ2) is 6.12. The Bertz CT molecular complexity index is 598. The van der Waals surface area contributed by atoms with E-state index in [1.165, 1.54) is 0 Å². The van der Waals surface area contributed by atoms with Gasteiger partial charge >= 0.3 is 0 Å². The smallest absolute Gasteiger partial charge is 0.268 e. The summed E-state index contributed by atoms with van der Waals surface area (Å²) in [6, 6.07) is 10.2. The van der Waals surface area contributed by atoms with Gasteiger partial charge in [-0.15, -0.1) is 0 Å². The highest BCUT2D eigenvalue weighted by Gasteiger charge is 2.15. The van der Waals surface area contributed by atoms with Crippen LogP contribution >= 0.6 is 0 Å². The molecule has 1 unspecified atom stereocenters. The SMILES string of the molecule is CC(C)CCC(C)NC(=O)c1cc2ccccc2n1C. The largest absolute Gasteiger partial charge is 0.348 e. The molecule has 3 heteroatoms. The number of aryl methyl sites for hydroxylation is 1. The first-order valence-electron chi connectivity index (χ1n) is 7.34. The molecule has 0 spiro atoms. The van der Waals surface area contributed by atoms with E-state index in [2.05, 4.69) is 26.1 Å². The number of nitrogens with zero attached hydrogens (tertiary/aromatic N) is 1. The average molecular weight is 272 g/mol. The van der Waals surface area contributed by atoms with Crippen LogP contribution < -0.4 is 5.32 Å². The van der Waals surface area contributed by atoms with Gasteiger partial charge in [-0.25, -0.2) is 0 Å². The zero-order valence-electron chi connectivity index (χ0n) is 12.8. The molecule has 1 heterocycles. The lowest BCUT2D eigenvalue weighted by atomic mass is 10.0. The number of carbonyl (C=O) groups excluding carboxylic acids is 1. The molecule has 108 valence electrons. The van der Waals surface area contributed by atoms with E-state index in [1.807, 2.05) is 41.9 Å². The summed E-state index contributed by atoms with van der Waals surface area (Å²) in [5.41, 5.74) is 1.81. The second-order valence-electron chi connectivity index (χ2n) is 5.99. The zero-order valence-corrected chi connectivity index (χ0v) is 12.8. The van der Waals surface area contributed by atoms with E-state index in [4.69, 9.17) is 0 Å². The summed E-state index contributed by atoms with van der Waals surface area (Å²) in [7, 11) is 1.94. The number of carbonyl (C=O) groups is 1. The molecule has 0 radical (unpaired) electrons. The van der Waals surface area contributed by atoms with Crippen LogP contribution in [0.4, 0.5) is 0 Å².